The van der Waals surface area contributed by atoms with Gasteiger partial charge in [0, 0.05) is 11.2 Å². The van der Waals surface area contributed by atoms with Crippen LogP contribution in [0.2, 0.25) is 0 Å². The third-order valence-electron chi connectivity index (χ3n) is 4.68. The Morgan fingerprint density at radius 2 is 2.21 bits per heavy atom. The molecule has 2 aliphatic carbocycles. The molecule has 11 heteroatoms. The molecule has 0 spiro atoms. The van der Waals surface area contributed by atoms with E-state index >= 15 is 0 Å². The zero-order valence-electron chi connectivity index (χ0n) is 12.7. The molecule has 24 heavy (non-hydrogen) atoms. The number of carboxylic acid groups (broad SMARTS) is 2. The van der Waals surface area contributed by atoms with E-state index in [4.69, 9.17) is 5.73 Å². The van der Waals surface area contributed by atoms with Crippen LogP contribution >= 0.6 is 11.8 Å². The van der Waals surface area contributed by atoms with Crippen LogP contribution in [0, 0.1) is 17.8 Å². The summed E-state index contributed by atoms with van der Waals surface area (Å²) in [4.78, 5) is 39.4. The fourth-order valence-corrected chi connectivity index (χ4v) is 4.95. The lowest BCUT2D eigenvalue weighted by atomic mass is 9.89. The van der Waals surface area contributed by atoms with Gasteiger partial charge in [-0.25, -0.2) is 9.78 Å². The van der Waals surface area contributed by atoms with Crippen LogP contribution in [0.25, 0.3) is 0 Å². The van der Waals surface area contributed by atoms with E-state index in [2.05, 4.69) is 20.5 Å². The average molecular weight is 355 g/mol. The van der Waals surface area contributed by atoms with Crippen LogP contribution in [0.1, 0.15) is 13.3 Å². The van der Waals surface area contributed by atoms with Crippen LogP contribution in [0.15, 0.2) is 11.5 Å². The zero-order valence-corrected chi connectivity index (χ0v) is 13.5. The Morgan fingerprint density at radius 1 is 1.50 bits per heavy atom. The largest absolute Gasteiger partial charge is 0.481 e. The molecule has 3 rings (SSSR count). The summed E-state index contributed by atoms with van der Waals surface area (Å²) >= 11 is 1.25. The molecule has 0 radical (unpaired) electrons. The van der Waals surface area contributed by atoms with E-state index in [-0.39, 0.29) is 17.6 Å². The molecule has 0 aromatic carbocycles. The molecule has 2 saturated carbocycles. The van der Waals surface area contributed by atoms with Crippen molar-refractivity contribution in [1.29, 1.82) is 0 Å². The van der Waals surface area contributed by atoms with Crippen LogP contribution < -0.4 is 11.1 Å². The van der Waals surface area contributed by atoms with E-state index in [0.717, 1.165) is 0 Å². The van der Waals surface area contributed by atoms with Gasteiger partial charge >= 0.3 is 11.9 Å². The number of fused-ring (bicyclic) bond motifs is 1. The summed E-state index contributed by atoms with van der Waals surface area (Å²) in [6, 6.07) is -0.886. The summed E-state index contributed by atoms with van der Waals surface area (Å²) in [7, 11) is 0. The molecule has 0 bridgehead atoms. The van der Waals surface area contributed by atoms with E-state index in [9.17, 15) is 24.6 Å². The average Bonchev–Trinajstić information content (AvgIpc) is 2.90. The summed E-state index contributed by atoms with van der Waals surface area (Å²) in [5.41, 5.74) is 3.89. The lowest BCUT2D eigenvalue weighted by Gasteiger charge is -2.30. The number of amides is 1. The summed E-state index contributed by atoms with van der Waals surface area (Å²) in [6.45, 7) is 1.44. The van der Waals surface area contributed by atoms with E-state index in [1.807, 2.05) is 0 Å². The number of aromatic nitrogens is 3. The Morgan fingerprint density at radius 3 is 2.71 bits per heavy atom. The Balaban J connectivity index is 1.90. The molecule has 6 N–H and O–H groups in total. The highest BCUT2D eigenvalue weighted by molar-refractivity contribution is 7.99. The molecule has 1 aromatic rings. The number of hydrogen-bond donors (Lipinski definition) is 5. The smallest absolute Gasteiger partial charge is 0.329 e. The van der Waals surface area contributed by atoms with Gasteiger partial charge in [-0.1, -0.05) is 11.8 Å². The predicted molar refractivity (Wildman–Crippen MR) is 80.9 cm³/mol. The molecule has 130 valence electrons. The monoisotopic (exact) mass is 355 g/mol. The van der Waals surface area contributed by atoms with Gasteiger partial charge in [0.15, 0.2) is 5.16 Å². The molecule has 1 aromatic heterocycles. The van der Waals surface area contributed by atoms with Gasteiger partial charge in [-0.05, 0) is 19.3 Å². The third kappa shape index (κ3) is 2.53. The fourth-order valence-electron chi connectivity index (χ4n) is 3.61. The van der Waals surface area contributed by atoms with Crippen LogP contribution in [0.3, 0.4) is 0 Å². The minimum atomic E-state index is -1.63. The van der Waals surface area contributed by atoms with E-state index in [1.54, 1.807) is 0 Å². The van der Waals surface area contributed by atoms with Gasteiger partial charge in [0.25, 0.3) is 0 Å². The third-order valence-corrected chi connectivity index (χ3v) is 5.88. The summed E-state index contributed by atoms with van der Waals surface area (Å²) in [5, 5.41) is 28.2. The topological polar surface area (TPSA) is 171 Å². The number of rotatable bonds is 6. The van der Waals surface area contributed by atoms with Gasteiger partial charge < -0.3 is 21.3 Å². The van der Waals surface area contributed by atoms with Crippen molar-refractivity contribution in [1.82, 2.24) is 20.5 Å². The van der Waals surface area contributed by atoms with Gasteiger partial charge in [0.2, 0.25) is 5.91 Å². The molecular formula is C13H17N5O5S. The first-order valence-electron chi connectivity index (χ1n) is 7.33. The second kappa shape index (κ2) is 5.74. The van der Waals surface area contributed by atoms with E-state index < -0.39 is 41.3 Å². The van der Waals surface area contributed by atoms with Crippen molar-refractivity contribution in [2.45, 2.75) is 35.3 Å². The maximum Gasteiger partial charge on any atom is 0.329 e. The molecule has 2 fully saturated rings. The number of carboxylic acids is 2. The standard InChI is InChI=1S/C13H17N5O5S/c1-4(14)9(19)17-13(11(22)23)2-5(24-12-15-3-16-18-12)6-7(8(6)13)10(20)21/h3-8H,2,14H2,1H3,(H,17,19)(H,20,21)(H,22,23)(H,15,16,18)/t4-,5+,6-,7-,8-,13-/m1/s1. The first-order valence-corrected chi connectivity index (χ1v) is 8.21. The second-order valence-corrected chi connectivity index (χ2v) is 7.40. The Hall–Kier alpha value is -2.14. The van der Waals surface area contributed by atoms with Crippen molar-refractivity contribution in [2.24, 2.45) is 23.5 Å². The highest BCUT2D eigenvalue weighted by Gasteiger charge is 2.75. The van der Waals surface area contributed by atoms with Gasteiger partial charge in [-0.3, -0.25) is 14.7 Å². The normalized spacial score (nSPS) is 35.1. The van der Waals surface area contributed by atoms with Gasteiger partial charge in [-0.2, -0.15) is 5.10 Å². The Bertz CT molecular complexity index is 680. The Kier molecular flexibility index (Phi) is 4.00. The Labute approximate surface area is 140 Å². The molecular weight excluding hydrogens is 338 g/mol. The molecule has 10 nitrogen and oxygen atoms in total. The maximum absolute atomic E-state index is 12.0. The van der Waals surface area contributed by atoms with Gasteiger partial charge in [0.1, 0.15) is 11.9 Å². The van der Waals surface area contributed by atoms with Crippen molar-refractivity contribution >= 4 is 29.6 Å². The number of H-pyrrole nitrogens is 1. The van der Waals surface area contributed by atoms with Crippen LogP contribution in [0.5, 0.6) is 0 Å². The fraction of sp³-hybridized carbons (Fsp3) is 0.615. The minimum absolute atomic E-state index is 0.102. The molecule has 2 aliphatic rings. The number of aromatic amines is 1. The number of hydrogen-bond acceptors (Lipinski definition) is 7. The van der Waals surface area contributed by atoms with Crippen molar-refractivity contribution < 1.29 is 24.6 Å². The highest BCUT2D eigenvalue weighted by atomic mass is 32.2. The maximum atomic E-state index is 12.0. The van der Waals surface area contributed by atoms with Gasteiger partial charge in [0.05, 0.1) is 12.0 Å². The van der Waals surface area contributed by atoms with Crippen molar-refractivity contribution in [3.05, 3.63) is 6.33 Å². The molecule has 6 atom stereocenters. The SMILES string of the molecule is C[C@@H](N)C(=O)N[C@]1(C(=O)O)C[C@H](Sc2ncn[nH]2)[C@@H]2[C@@H](C(=O)O)[C@@H]21. The van der Waals surface area contributed by atoms with Crippen molar-refractivity contribution in [3.8, 4) is 0 Å². The summed E-state index contributed by atoms with van der Waals surface area (Å²) in [5.74, 6) is -4.76. The highest BCUT2D eigenvalue weighted by Crippen LogP contribution is 2.65. The number of carbonyl (C=O) groups excluding carboxylic acids is 1. The van der Waals surface area contributed by atoms with E-state index in [0.29, 0.717) is 5.16 Å². The quantitative estimate of drug-likeness (QED) is 0.425. The molecule has 1 heterocycles. The lowest BCUT2D eigenvalue weighted by Crippen LogP contribution is -2.59. The minimum Gasteiger partial charge on any atom is -0.481 e. The molecule has 0 aliphatic heterocycles. The number of nitrogens with two attached hydrogens (primary N) is 1. The number of nitrogens with one attached hydrogen (secondary N) is 2. The molecule has 1 amide bonds. The van der Waals surface area contributed by atoms with Gasteiger partial charge in [-0.15, -0.1) is 0 Å². The predicted octanol–water partition coefficient (Wildman–Crippen LogP) is -1.10. The van der Waals surface area contributed by atoms with Crippen molar-refractivity contribution in [2.75, 3.05) is 0 Å². The number of carbonyl (C=O) groups is 3. The molecule has 0 saturated heterocycles. The van der Waals surface area contributed by atoms with E-state index in [1.165, 1.54) is 25.0 Å². The van der Waals surface area contributed by atoms with Crippen molar-refractivity contribution in [3.63, 3.8) is 0 Å². The van der Waals surface area contributed by atoms with Crippen LogP contribution in [-0.2, 0) is 14.4 Å². The lowest BCUT2D eigenvalue weighted by molar-refractivity contribution is -0.149. The zero-order chi connectivity index (χ0) is 17.6. The first kappa shape index (κ1) is 16.7. The van der Waals surface area contributed by atoms with Crippen LogP contribution in [-0.4, -0.2) is 60.1 Å². The summed E-state index contributed by atoms with van der Waals surface area (Å²) < 4.78 is 0. The molecule has 0 unspecified atom stereocenters. The number of nitrogens with zero attached hydrogens (tertiary/aromatic N) is 2. The summed E-state index contributed by atoms with van der Waals surface area (Å²) in [6.07, 6.45) is 1.42. The second-order valence-electron chi connectivity index (χ2n) is 6.17. The first-order chi connectivity index (χ1) is 11.3. The van der Waals surface area contributed by atoms with Crippen LogP contribution in [0.4, 0.5) is 0 Å². The number of aliphatic carboxylic acids is 2. The number of thioether (sulfide) groups is 1.